The van der Waals surface area contributed by atoms with Crippen molar-refractivity contribution < 1.29 is 9.53 Å². The first-order chi connectivity index (χ1) is 5.48. The summed E-state index contributed by atoms with van der Waals surface area (Å²) in [5.41, 5.74) is -0.552. The molecule has 0 aromatic heterocycles. The average molecular weight is 168 g/mol. The van der Waals surface area contributed by atoms with Crippen molar-refractivity contribution in [1.29, 1.82) is 0 Å². The van der Waals surface area contributed by atoms with Gasteiger partial charge in [-0.05, 0) is 32.6 Å². The second-order valence-corrected chi connectivity index (χ2v) is 4.71. The molecule has 2 heteroatoms. The zero-order valence-electron chi connectivity index (χ0n) is 8.02. The van der Waals surface area contributed by atoms with Gasteiger partial charge in [-0.1, -0.05) is 6.92 Å². The highest BCUT2D eigenvalue weighted by Gasteiger charge is 2.68. The van der Waals surface area contributed by atoms with Gasteiger partial charge in [0.05, 0.1) is 0 Å². The quantitative estimate of drug-likeness (QED) is 0.517. The van der Waals surface area contributed by atoms with Crippen LogP contribution >= 0.6 is 0 Å². The molecule has 0 aromatic rings. The van der Waals surface area contributed by atoms with Gasteiger partial charge < -0.3 is 4.74 Å². The molecule has 2 fully saturated rings. The van der Waals surface area contributed by atoms with Crippen LogP contribution in [0.1, 0.15) is 40.0 Å². The first-order valence-electron chi connectivity index (χ1n) is 4.71. The topological polar surface area (TPSA) is 29.6 Å². The van der Waals surface area contributed by atoms with Crippen LogP contribution in [-0.2, 0) is 9.53 Å². The van der Waals surface area contributed by atoms with Crippen molar-refractivity contribution >= 4 is 5.78 Å². The maximum Gasteiger partial charge on any atom is 0.167 e. The highest BCUT2D eigenvalue weighted by atomic mass is 16.6. The number of carbonyl (C=O) groups is 1. The number of hydrogen-bond donors (Lipinski definition) is 0. The molecule has 0 unspecified atom stereocenters. The van der Waals surface area contributed by atoms with Crippen LogP contribution in [0.2, 0.25) is 0 Å². The number of ether oxygens (including phenoxy) is 1. The van der Waals surface area contributed by atoms with Gasteiger partial charge in [0.15, 0.2) is 11.4 Å². The van der Waals surface area contributed by atoms with E-state index in [0.29, 0.717) is 18.1 Å². The summed E-state index contributed by atoms with van der Waals surface area (Å²) in [6.45, 7) is 6.17. The Morgan fingerprint density at radius 3 is 2.50 bits per heavy atom. The molecule has 0 bridgehead atoms. The Labute approximate surface area is 73.3 Å². The highest BCUT2D eigenvalue weighted by molar-refractivity contribution is 5.92. The van der Waals surface area contributed by atoms with Crippen LogP contribution < -0.4 is 0 Å². The van der Waals surface area contributed by atoms with Gasteiger partial charge in [0, 0.05) is 6.42 Å². The Morgan fingerprint density at radius 2 is 2.08 bits per heavy atom. The lowest BCUT2D eigenvalue weighted by Crippen LogP contribution is -2.36. The highest BCUT2D eigenvalue weighted by Crippen LogP contribution is 2.54. The van der Waals surface area contributed by atoms with E-state index in [1.807, 2.05) is 13.8 Å². The Morgan fingerprint density at radius 1 is 1.50 bits per heavy atom. The molecular formula is C10H16O2. The van der Waals surface area contributed by atoms with Crippen molar-refractivity contribution in [3.05, 3.63) is 0 Å². The smallest absolute Gasteiger partial charge is 0.167 e. The molecule has 2 nitrogen and oxygen atoms in total. The van der Waals surface area contributed by atoms with Crippen molar-refractivity contribution in [3.63, 3.8) is 0 Å². The van der Waals surface area contributed by atoms with E-state index in [9.17, 15) is 4.79 Å². The molecule has 2 aliphatic rings. The third kappa shape index (κ3) is 0.875. The number of Topliss-reactive ketones (excluding diaryl/α,β-unsaturated/α-hetero) is 1. The molecule has 0 radical (unpaired) electrons. The molecule has 0 N–H and O–H groups in total. The van der Waals surface area contributed by atoms with E-state index in [1.54, 1.807) is 0 Å². The number of carbonyl (C=O) groups excluding carboxylic acids is 1. The van der Waals surface area contributed by atoms with E-state index in [-0.39, 0.29) is 11.2 Å². The maximum absolute atomic E-state index is 11.7. The summed E-state index contributed by atoms with van der Waals surface area (Å²) in [6, 6.07) is 0. The van der Waals surface area contributed by atoms with Gasteiger partial charge in [-0.15, -0.1) is 0 Å². The predicted molar refractivity (Wildman–Crippen MR) is 45.9 cm³/mol. The molecule has 1 saturated carbocycles. The fourth-order valence-electron chi connectivity index (χ4n) is 2.33. The molecule has 1 heterocycles. The maximum atomic E-state index is 11.7. The Bertz CT molecular complexity index is 232. The second-order valence-electron chi connectivity index (χ2n) is 4.71. The Balaban J connectivity index is 2.16. The van der Waals surface area contributed by atoms with Crippen LogP contribution in [0.4, 0.5) is 0 Å². The zero-order chi connectivity index (χ0) is 8.98. The minimum Gasteiger partial charge on any atom is -0.355 e. The second kappa shape index (κ2) is 2.11. The summed E-state index contributed by atoms with van der Waals surface area (Å²) < 4.78 is 5.54. The van der Waals surface area contributed by atoms with Gasteiger partial charge in [0.1, 0.15) is 5.60 Å². The molecule has 1 aliphatic carbocycles. The van der Waals surface area contributed by atoms with Crippen LogP contribution in [0.3, 0.4) is 0 Å². The van der Waals surface area contributed by atoms with Gasteiger partial charge in [-0.2, -0.15) is 0 Å². The van der Waals surface area contributed by atoms with E-state index in [2.05, 4.69) is 6.92 Å². The minimum atomic E-state index is -0.375. The summed E-state index contributed by atoms with van der Waals surface area (Å²) in [4.78, 5) is 11.7. The number of epoxide rings is 1. The summed E-state index contributed by atoms with van der Waals surface area (Å²) >= 11 is 0. The molecule has 68 valence electrons. The lowest BCUT2D eigenvalue weighted by Gasteiger charge is -2.23. The molecule has 1 spiro atoms. The molecule has 0 aromatic carbocycles. The normalized spacial score (nSPS) is 44.9. The number of ketones is 1. The zero-order valence-corrected chi connectivity index (χ0v) is 8.02. The summed E-state index contributed by atoms with van der Waals surface area (Å²) in [5.74, 6) is 0.884. The molecular weight excluding hydrogens is 152 g/mol. The summed E-state index contributed by atoms with van der Waals surface area (Å²) in [7, 11) is 0. The van der Waals surface area contributed by atoms with Crippen LogP contribution in [0.15, 0.2) is 0 Å². The van der Waals surface area contributed by atoms with E-state index in [1.165, 1.54) is 0 Å². The van der Waals surface area contributed by atoms with E-state index in [0.717, 1.165) is 12.8 Å². The first kappa shape index (κ1) is 8.24. The van der Waals surface area contributed by atoms with Gasteiger partial charge >= 0.3 is 0 Å². The molecule has 0 amide bonds. The van der Waals surface area contributed by atoms with Crippen molar-refractivity contribution in [2.24, 2.45) is 5.92 Å². The predicted octanol–water partition coefficient (Wildman–Crippen LogP) is 1.92. The molecule has 1 saturated heterocycles. The molecule has 1 aliphatic heterocycles. The van der Waals surface area contributed by atoms with Crippen LogP contribution in [0.25, 0.3) is 0 Å². The van der Waals surface area contributed by atoms with Crippen molar-refractivity contribution in [1.82, 2.24) is 0 Å². The van der Waals surface area contributed by atoms with E-state index >= 15 is 0 Å². The van der Waals surface area contributed by atoms with E-state index < -0.39 is 0 Å². The van der Waals surface area contributed by atoms with Gasteiger partial charge in [-0.25, -0.2) is 0 Å². The lowest BCUT2D eigenvalue weighted by atomic mass is 9.76. The van der Waals surface area contributed by atoms with Crippen molar-refractivity contribution in [2.45, 2.75) is 51.2 Å². The minimum absolute atomic E-state index is 0.176. The lowest BCUT2D eigenvalue weighted by molar-refractivity contribution is -0.127. The molecule has 12 heavy (non-hydrogen) atoms. The average Bonchev–Trinajstić information content (AvgIpc) is 2.48. The van der Waals surface area contributed by atoms with Crippen LogP contribution in [0.5, 0.6) is 0 Å². The number of rotatable bonds is 0. The van der Waals surface area contributed by atoms with Crippen molar-refractivity contribution in [2.75, 3.05) is 0 Å². The summed E-state index contributed by atoms with van der Waals surface area (Å²) in [5, 5.41) is 0. The fraction of sp³-hybridized carbons (Fsp3) is 0.900. The first-order valence-corrected chi connectivity index (χ1v) is 4.71. The summed E-state index contributed by atoms with van der Waals surface area (Å²) in [6.07, 6.45) is 2.78. The standard InChI is InChI=1S/C10H16O2/c1-7-4-5-10(8(11)6-7)9(2,3)12-10/h7H,4-6H2,1-3H3/t7-,10-/m1/s1. The molecule has 2 rings (SSSR count). The third-order valence-electron chi connectivity index (χ3n) is 3.33. The van der Waals surface area contributed by atoms with Crippen LogP contribution in [0, 0.1) is 5.92 Å². The van der Waals surface area contributed by atoms with Crippen molar-refractivity contribution in [3.8, 4) is 0 Å². The van der Waals surface area contributed by atoms with Gasteiger partial charge in [-0.3, -0.25) is 4.79 Å². The third-order valence-corrected chi connectivity index (χ3v) is 3.33. The Kier molecular flexibility index (Phi) is 1.45. The molecule has 2 atom stereocenters. The SMILES string of the molecule is C[C@@H]1CC[C@@]2(OC2(C)C)C(=O)C1. The van der Waals surface area contributed by atoms with Crippen LogP contribution in [-0.4, -0.2) is 17.0 Å². The van der Waals surface area contributed by atoms with Gasteiger partial charge in [0.25, 0.3) is 0 Å². The fourth-order valence-corrected chi connectivity index (χ4v) is 2.33. The van der Waals surface area contributed by atoms with E-state index in [4.69, 9.17) is 4.74 Å². The monoisotopic (exact) mass is 168 g/mol. The van der Waals surface area contributed by atoms with Gasteiger partial charge in [0.2, 0.25) is 0 Å². The largest absolute Gasteiger partial charge is 0.355 e. The Hall–Kier alpha value is -0.370. The number of hydrogen-bond acceptors (Lipinski definition) is 2.